The molecule has 0 fully saturated rings. The van der Waals surface area contributed by atoms with Crippen molar-refractivity contribution in [2.75, 3.05) is 0 Å². The molecule has 3 aromatic rings. The summed E-state index contributed by atoms with van der Waals surface area (Å²) < 4.78 is 7.47. The Morgan fingerprint density at radius 3 is 2.95 bits per heavy atom. The zero-order valence-corrected chi connectivity index (χ0v) is 12.3. The van der Waals surface area contributed by atoms with E-state index in [0.29, 0.717) is 24.1 Å². The Balaban J connectivity index is 1.68. The van der Waals surface area contributed by atoms with E-state index in [4.69, 9.17) is 10.2 Å². The first-order chi connectivity index (χ1) is 9.78. The summed E-state index contributed by atoms with van der Waals surface area (Å²) in [7, 11) is 1.88. The zero-order chi connectivity index (χ0) is 13.9. The van der Waals surface area contributed by atoms with Gasteiger partial charge >= 0.3 is 0 Å². The van der Waals surface area contributed by atoms with Gasteiger partial charge in [-0.3, -0.25) is 0 Å². The molecule has 0 radical (unpaired) electrons. The summed E-state index contributed by atoms with van der Waals surface area (Å²) >= 11 is 3.06. The lowest BCUT2D eigenvalue weighted by molar-refractivity contribution is 0.529. The van der Waals surface area contributed by atoms with Gasteiger partial charge in [-0.2, -0.15) is 0 Å². The Hall–Kier alpha value is -1.71. The van der Waals surface area contributed by atoms with Gasteiger partial charge in [-0.1, -0.05) is 17.8 Å². The van der Waals surface area contributed by atoms with Crippen LogP contribution in [0.15, 0.2) is 27.1 Å². The molecule has 104 valence electrons. The van der Waals surface area contributed by atoms with Crippen LogP contribution in [0.2, 0.25) is 0 Å². The Kier molecular flexibility index (Phi) is 3.81. The van der Waals surface area contributed by atoms with Gasteiger partial charge < -0.3 is 14.7 Å². The molecule has 20 heavy (non-hydrogen) atoms. The lowest BCUT2D eigenvalue weighted by Crippen LogP contribution is -2.05. The van der Waals surface area contributed by atoms with Gasteiger partial charge in [-0.25, -0.2) is 0 Å². The van der Waals surface area contributed by atoms with E-state index in [1.54, 1.807) is 11.3 Å². The molecule has 9 heteroatoms. The van der Waals surface area contributed by atoms with Crippen molar-refractivity contribution in [1.29, 1.82) is 0 Å². The van der Waals surface area contributed by atoms with Crippen molar-refractivity contribution in [2.24, 2.45) is 12.8 Å². The second-order valence-electron chi connectivity index (χ2n) is 3.93. The Morgan fingerprint density at radius 2 is 2.25 bits per heavy atom. The second-order valence-corrected chi connectivity index (χ2v) is 5.82. The van der Waals surface area contributed by atoms with E-state index in [-0.39, 0.29) is 0 Å². The summed E-state index contributed by atoms with van der Waals surface area (Å²) in [5.41, 5.74) is 5.56. The van der Waals surface area contributed by atoms with Crippen LogP contribution in [-0.4, -0.2) is 25.0 Å². The fraction of sp³-hybridized carbons (Fsp3) is 0.273. The molecule has 0 spiro atoms. The molecule has 0 aliphatic rings. The van der Waals surface area contributed by atoms with Gasteiger partial charge in [-0.15, -0.1) is 31.7 Å². The summed E-state index contributed by atoms with van der Waals surface area (Å²) in [4.78, 5) is 0.970. The molecule has 0 atom stereocenters. The van der Waals surface area contributed by atoms with Crippen molar-refractivity contribution in [1.82, 2.24) is 25.0 Å². The summed E-state index contributed by atoms with van der Waals surface area (Å²) in [5.74, 6) is 2.42. The van der Waals surface area contributed by atoms with E-state index in [9.17, 15) is 0 Å². The largest absolute Gasteiger partial charge is 0.419 e. The van der Waals surface area contributed by atoms with E-state index >= 15 is 0 Å². The summed E-state index contributed by atoms with van der Waals surface area (Å²) in [6, 6.07) is 3.90. The average molecular weight is 308 g/mol. The SMILES string of the molecule is Cn1c(CN)nnc1SCc1nnc(-c2cccs2)o1. The van der Waals surface area contributed by atoms with E-state index in [1.807, 2.05) is 29.1 Å². The van der Waals surface area contributed by atoms with E-state index in [1.165, 1.54) is 11.8 Å². The van der Waals surface area contributed by atoms with Crippen LogP contribution in [0, 0.1) is 0 Å². The number of hydrogen-bond donors (Lipinski definition) is 1. The lowest BCUT2D eigenvalue weighted by atomic mass is 10.5. The van der Waals surface area contributed by atoms with Crippen molar-refractivity contribution in [3.05, 3.63) is 29.2 Å². The van der Waals surface area contributed by atoms with Gasteiger partial charge in [0.25, 0.3) is 5.89 Å². The summed E-state index contributed by atoms with van der Waals surface area (Å²) in [6.07, 6.45) is 0. The molecule has 0 amide bonds. The maximum atomic E-state index is 5.61. The molecule has 0 aliphatic heterocycles. The molecule has 3 rings (SSSR count). The standard InChI is InChI=1S/C11H12N6OS2/c1-17-8(5-12)13-16-11(17)20-6-9-14-15-10(18-9)7-3-2-4-19-7/h2-4H,5-6,12H2,1H3. The average Bonchev–Trinajstić information content (AvgIpc) is 3.17. The number of thioether (sulfide) groups is 1. The van der Waals surface area contributed by atoms with E-state index in [0.717, 1.165) is 15.9 Å². The minimum Gasteiger partial charge on any atom is -0.419 e. The Morgan fingerprint density at radius 1 is 1.35 bits per heavy atom. The lowest BCUT2D eigenvalue weighted by Gasteiger charge is -1.99. The van der Waals surface area contributed by atoms with Gasteiger partial charge in [0.2, 0.25) is 5.89 Å². The first-order valence-corrected chi connectivity index (χ1v) is 7.72. The number of hydrogen-bond acceptors (Lipinski definition) is 8. The molecule has 2 N–H and O–H groups in total. The fourth-order valence-corrected chi connectivity index (χ4v) is 3.00. The topological polar surface area (TPSA) is 95.7 Å². The van der Waals surface area contributed by atoms with Crippen molar-refractivity contribution in [3.63, 3.8) is 0 Å². The maximum Gasteiger partial charge on any atom is 0.257 e. The molecule has 0 aliphatic carbocycles. The van der Waals surface area contributed by atoms with E-state index in [2.05, 4.69) is 20.4 Å². The van der Waals surface area contributed by atoms with Crippen molar-refractivity contribution >= 4 is 23.1 Å². The molecule has 7 nitrogen and oxygen atoms in total. The molecular formula is C11H12N6OS2. The molecule has 0 saturated carbocycles. The molecule has 0 saturated heterocycles. The van der Waals surface area contributed by atoms with Gasteiger partial charge in [0.15, 0.2) is 5.16 Å². The molecule has 3 aromatic heterocycles. The van der Waals surface area contributed by atoms with Crippen LogP contribution in [0.4, 0.5) is 0 Å². The van der Waals surface area contributed by atoms with Gasteiger partial charge in [0.05, 0.1) is 17.2 Å². The predicted octanol–water partition coefficient (Wildman–Crippen LogP) is 1.68. The highest BCUT2D eigenvalue weighted by atomic mass is 32.2. The number of thiophene rings is 1. The number of nitrogens with two attached hydrogens (primary N) is 1. The Bertz CT molecular complexity index is 690. The normalized spacial score (nSPS) is 11.1. The summed E-state index contributed by atoms with van der Waals surface area (Å²) in [6.45, 7) is 0.368. The van der Waals surface area contributed by atoms with Crippen LogP contribution >= 0.6 is 23.1 Å². The molecular weight excluding hydrogens is 296 g/mol. The second kappa shape index (κ2) is 5.73. The van der Waals surface area contributed by atoms with Crippen LogP contribution < -0.4 is 5.73 Å². The van der Waals surface area contributed by atoms with Crippen LogP contribution in [0.1, 0.15) is 11.7 Å². The predicted molar refractivity (Wildman–Crippen MR) is 76.1 cm³/mol. The third-order valence-electron chi connectivity index (χ3n) is 2.63. The maximum absolute atomic E-state index is 5.61. The van der Waals surface area contributed by atoms with Gasteiger partial charge in [0.1, 0.15) is 5.82 Å². The minimum atomic E-state index is 0.368. The van der Waals surface area contributed by atoms with Crippen molar-refractivity contribution < 1.29 is 4.42 Å². The monoisotopic (exact) mass is 308 g/mol. The number of rotatable bonds is 5. The number of aromatic nitrogens is 5. The third kappa shape index (κ3) is 2.60. The first kappa shape index (κ1) is 13.3. The summed E-state index contributed by atoms with van der Waals surface area (Å²) in [5, 5.41) is 18.9. The van der Waals surface area contributed by atoms with Gasteiger partial charge in [0, 0.05) is 7.05 Å². The molecule has 0 unspecified atom stereocenters. The molecule has 3 heterocycles. The van der Waals surface area contributed by atoms with Crippen LogP contribution in [0.25, 0.3) is 10.8 Å². The first-order valence-electron chi connectivity index (χ1n) is 5.85. The highest BCUT2D eigenvalue weighted by molar-refractivity contribution is 7.98. The Labute approximate surface area is 123 Å². The third-order valence-corrected chi connectivity index (χ3v) is 4.49. The van der Waals surface area contributed by atoms with Gasteiger partial charge in [-0.05, 0) is 11.4 Å². The van der Waals surface area contributed by atoms with Crippen molar-refractivity contribution in [3.8, 4) is 10.8 Å². The van der Waals surface area contributed by atoms with E-state index < -0.39 is 0 Å². The molecule has 0 bridgehead atoms. The highest BCUT2D eigenvalue weighted by Crippen LogP contribution is 2.25. The smallest absolute Gasteiger partial charge is 0.257 e. The number of nitrogens with zero attached hydrogens (tertiary/aromatic N) is 5. The van der Waals surface area contributed by atoms with Crippen molar-refractivity contribution in [2.45, 2.75) is 17.5 Å². The highest BCUT2D eigenvalue weighted by Gasteiger charge is 2.12. The quantitative estimate of drug-likeness (QED) is 0.716. The minimum absolute atomic E-state index is 0.368. The van der Waals surface area contributed by atoms with Crippen LogP contribution in [0.5, 0.6) is 0 Å². The van der Waals surface area contributed by atoms with Crippen LogP contribution in [-0.2, 0) is 19.3 Å². The molecule has 0 aromatic carbocycles. The van der Waals surface area contributed by atoms with Crippen LogP contribution in [0.3, 0.4) is 0 Å². The fourth-order valence-electron chi connectivity index (χ4n) is 1.59. The zero-order valence-electron chi connectivity index (χ0n) is 10.7.